The van der Waals surface area contributed by atoms with Crippen molar-refractivity contribution >= 4 is 34.4 Å². The highest BCUT2D eigenvalue weighted by molar-refractivity contribution is 8.00. The van der Waals surface area contributed by atoms with Gasteiger partial charge in [0.25, 0.3) is 0 Å². The van der Waals surface area contributed by atoms with Gasteiger partial charge in [-0.05, 0) is 37.1 Å². The van der Waals surface area contributed by atoms with E-state index in [-0.39, 0.29) is 11.2 Å². The van der Waals surface area contributed by atoms with Crippen molar-refractivity contribution < 1.29 is 4.79 Å². The number of carbonyl (C=O) groups is 1. The van der Waals surface area contributed by atoms with Crippen molar-refractivity contribution in [3.63, 3.8) is 0 Å². The van der Waals surface area contributed by atoms with E-state index in [2.05, 4.69) is 9.97 Å². The van der Waals surface area contributed by atoms with Crippen molar-refractivity contribution in [3.05, 3.63) is 23.3 Å². The molecule has 2 rings (SSSR count). The van der Waals surface area contributed by atoms with E-state index in [1.54, 1.807) is 0 Å². The van der Waals surface area contributed by atoms with E-state index in [4.69, 9.17) is 5.73 Å². The molecule has 1 aromatic carbocycles. The molecule has 0 radical (unpaired) electrons. The fourth-order valence-electron chi connectivity index (χ4n) is 1.77. The van der Waals surface area contributed by atoms with Crippen LogP contribution in [0, 0.1) is 19.3 Å². The van der Waals surface area contributed by atoms with Crippen LogP contribution in [0.1, 0.15) is 31.9 Å². The van der Waals surface area contributed by atoms with E-state index in [1.807, 2.05) is 46.8 Å². The molecule has 5 heteroatoms. The van der Waals surface area contributed by atoms with E-state index in [0.717, 1.165) is 11.0 Å². The van der Waals surface area contributed by atoms with Crippen LogP contribution in [0.2, 0.25) is 0 Å². The standard InChI is InChI=1S/C16H21N3OS/c1-9-6-11-12(7-10(9)2)19-15(14(17)18-11)21-8-13(20)16(3,4)5/h6-7H,8H2,1-5H3,(H2,17,18). The van der Waals surface area contributed by atoms with E-state index in [0.29, 0.717) is 16.6 Å². The zero-order valence-corrected chi connectivity index (χ0v) is 14.0. The van der Waals surface area contributed by atoms with Crippen LogP contribution in [0.3, 0.4) is 0 Å². The topological polar surface area (TPSA) is 68.9 Å². The maximum atomic E-state index is 12.0. The summed E-state index contributed by atoms with van der Waals surface area (Å²) in [4.78, 5) is 21.0. The number of fused-ring (bicyclic) bond motifs is 1. The Bertz CT molecular complexity index is 705. The molecule has 0 atom stereocenters. The third-order valence-electron chi connectivity index (χ3n) is 3.45. The number of aromatic nitrogens is 2. The molecule has 0 bridgehead atoms. The van der Waals surface area contributed by atoms with Gasteiger partial charge in [0.2, 0.25) is 0 Å². The Balaban J connectivity index is 2.31. The lowest BCUT2D eigenvalue weighted by Crippen LogP contribution is -2.22. The Kier molecular flexibility index (Phi) is 4.23. The van der Waals surface area contributed by atoms with Gasteiger partial charge in [-0.1, -0.05) is 32.5 Å². The average molecular weight is 303 g/mol. The summed E-state index contributed by atoms with van der Waals surface area (Å²) in [5, 5.41) is 0.628. The first kappa shape index (κ1) is 15.8. The number of nitrogen functional groups attached to an aromatic ring is 1. The van der Waals surface area contributed by atoms with Crippen LogP contribution in [-0.2, 0) is 4.79 Å². The summed E-state index contributed by atoms with van der Waals surface area (Å²) in [5.41, 5.74) is 9.56. The smallest absolute Gasteiger partial charge is 0.156 e. The summed E-state index contributed by atoms with van der Waals surface area (Å²) in [6.45, 7) is 9.83. The molecule has 4 nitrogen and oxygen atoms in total. The van der Waals surface area contributed by atoms with Crippen molar-refractivity contribution in [2.24, 2.45) is 5.41 Å². The maximum Gasteiger partial charge on any atom is 0.156 e. The van der Waals surface area contributed by atoms with Gasteiger partial charge < -0.3 is 5.73 Å². The molecule has 21 heavy (non-hydrogen) atoms. The predicted molar refractivity (Wildman–Crippen MR) is 88.6 cm³/mol. The van der Waals surface area contributed by atoms with E-state index in [1.165, 1.54) is 22.9 Å². The number of benzene rings is 1. The normalized spacial score (nSPS) is 11.9. The van der Waals surface area contributed by atoms with Gasteiger partial charge in [0.15, 0.2) is 5.82 Å². The molecule has 112 valence electrons. The van der Waals surface area contributed by atoms with E-state index in [9.17, 15) is 4.79 Å². The lowest BCUT2D eigenvalue weighted by Gasteiger charge is -2.16. The number of Topliss-reactive ketones (excluding diaryl/α,β-unsaturated/α-hetero) is 1. The monoisotopic (exact) mass is 303 g/mol. The summed E-state index contributed by atoms with van der Waals surface area (Å²) in [6.07, 6.45) is 0. The predicted octanol–water partition coefficient (Wildman–Crippen LogP) is 3.54. The number of rotatable bonds is 3. The Morgan fingerprint density at radius 2 is 1.67 bits per heavy atom. The molecule has 1 aromatic heterocycles. The molecular weight excluding hydrogens is 282 g/mol. The summed E-state index contributed by atoms with van der Waals surface area (Å²) in [5.74, 6) is 0.921. The van der Waals surface area contributed by atoms with Gasteiger partial charge in [-0.2, -0.15) is 0 Å². The fourth-order valence-corrected chi connectivity index (χ4v) is 2.82. The molecule has 0 amide bonds. The molecule has 1 heterocycles. The molecule has 0 fully saturated rings. The minimum absolute atomic E-state index is 0.175. The van der Waals surface area contributed by atoms with Crippen molar-refractivity contribution in [1.82, 2.24) is 9.97 Å². The van der Waals surface area contributed by atoms with Crippen molar-refractivity contribution in [3.8, 4) is 0 Å². The minimum atomic E-state index is -0.347. The second-order valence-electron chi connectivity index (χ2n) is 6.30. The van der Waals surface area contributed by atoms with Gasteiger partial charge in [0, 0.05) is 5.41 Å². The summed E-state index contributed by atoms with van der Waals surface area (Å²) in [6, 6.07) is 4.00. The maximum absolute atomic E-state index is 12.0. The van der Waals surface area contributed by atoms with Crippen LogP contribution in [-0.4, -0.2) is 21.5 Å². The van der Waals surface area contributed by atoms with Gasteiger partial charge in [-0.15, -0.1) is 0 Å². The first-order valence-electron chi connectivity index (χ1n) is 6.89. The molecular formula is C16H21N3OS. The molecule has 0 aliphatic heterocycles. The quantitative estimate of drug-likeness (QED) is 0.878. The Labute approximate surface area is 129 Å². The molecule has 0 aliphatic carbocycles. The second kappa shape index (κ2) is 5.64. The van der Waals surface area contributed by atoms with Gasteiger partial charge >= 0.3 is 0 Å². The highest BCUT2D eigenvalue weighted by atomic mass is 32.2. The number of hydrogen-bond donors (Lipinski definition) is 1. The minimum Gasteiger partial charge on any atom is -0.381 e. The zero-order valence-electron chi connectivity index (χ0n) is 13.2. The number of aryl methyl sites for hydroxylation is 2. The number of carbonyl (C=O) groups excluding carboxylic acids is 1. The first-order chi connectivity index (χ1) is 9.68. The van der Waals surface area contributed by atoms with Crippen LogP contribution in [0.15, 0.2) is 17.2 Å². The number of hydrogen-bond acceptors (Lipinski definition) is 5. The number of nitrogens with zero attached hydrogens (tertiary/aromatic N) is 2. The number of ketones is 1. The van der Waals surface area contributed by atoms with Gasteiger partial charge in [-0.25, -0.2) is 9.97 Å². The third kappa shape index (κ3) is 3.53. The number of anilines is 1. The zero-order chi connectivity index (χ0) is 15.8. The largest absolute Gasteiger partial charge is 0.381 e. The molecule has 0 aliphatic rings. The van der Waals surface area contributed by atoms with Gasteiger partial charge in [0.1, 0.15) is 10.8 Å². The Morgan fingerprint density at radius 1 is 1.14 bits per heavy atom. The van der Waals surface area contributed by atoms with Crippen LogP contribution in [0.4, 0.5) is 5.82 Å². The Morgan fingerprint density at radius 3 is 2.19 bits per heavy atom. The Hall–Kier alpha value is -1.62. The summed E-state index contributed by atoms with van der Waals surface area (Å²) >= 11 is 1.36. The van der Waals surface area contributed by atoms with Gasteiger partial charge in [-0.3, -0.25) is 4.79 Å². The number of nitrogens with two attached hydrogens (primary N) is 1. The number of thioether (sulfide) groups is 1. The molecule has 2 aromatic rings. The van der Waals surface area contributed by atoms with E-state index < -0.39 is 0 Å². The lowest BCUT2D eigenvalue weighted by molar-refractivity contribution is -0.123. The first-order valence-corrected chi connectivity index (χ1v) is 7.87. The summed E-state index contributed by atoms with van der Waals surface area (Å²) < 4.78 is 0. The molecule has 0 saturated heterocycles. The van der Waals surface area contributed by atoms with Crippen LogP contribution in [0.25, 0.3) is 11.0 Å². The molecule has 0 unspecified atom stereocenters. The summed E-state index contributed by atoms with van der Waals surface area (Å²) in [7, 11) is 0. The SMILES string of the molecule is Cc1cc2nc(N)c(SCC(=O)C(C)(C)C)nc2cc1C. The van der Waals surface area contributed by atoms with Crippen LogP contribution in [0.5, 0.6) is 0 Å². The van der Waals surface area contributed by atoms with Gasteiger partial charge in [0.05, 0.1) is 16.8 Å². The highest BCUT2D eigenvalue weighted by Crippen LogP contribution is 2.27. The van der Waals surface area contributed by atoms with Crippen molar-refractivity contribution in [2.75, 3.05) is 11.5 Å². The van der Waals surface area contributed by atoms with Crippen LogP contribution < -0.4 is 5.73 Å². The van der Waals surface area contributed by atoms with Crippen molar-refractivity contribution in [2.45, 2.75) is 39.6 Å². The van der Waals surface area contributed by atoms with E-state index >= 15 is 0 Å². The second-order valence-corrected chi connectivity index (χ2v) is 7.27. The molecule has 0 spiro atoms. The molecule has 0 saturated carbocycles. The average Bonchev–Trinajstić information content (AvgIpc) is 2.37. The van der Waals surface area contributed by atoms with Crippen molar-refractivity contribution in [1.29, 1.82) is 0 Å². The fraction of sp³-hybridized carbons (Fsp3) is 0.438. The highest BCUT2D eigenvalue weighted by Gasteiger charge is 2.21. The lowest BCUT2D eigenvalue weighted by atomic mass is 9.92. The third-order valence-corrected chi connectivity index (χ3v) is 4.43. The molecule has 2 N–H and O–H groups in total. The van der Waals surface area contributed by atoms with Crippen LogP contribution >= 0.6 is 11.8 Å².